The molecule has 2 aromatic carbocycles. The van der Waals surface area contributed by atoms with E-state index in [1.807, 2.05) is 36.5 Å². The minimum atomic E-state index is -0.191. The molecule has 0 atom stereocenters. The van der Waals surface area contributed by atoms with E-state index in [9.17, 15) is 15.5 Å². The molecule has 0 saturated heterocycles. The van der Waals surface area contributed by atoms with Gasteiger partial charge in [-0.05, 0) is 17.7 Å². The van der Waals surface area contributed by atoms with E-state index < -0.39 is 0 Å². The van der Waals surface area contributed by atoms with Gasteiger partial charge in [0.15, 0.2) is 0 Å². The van der Waals surface area contributed by atoms with Crippen molar-refractivity contribution in [2.75, 3.05) is 0 Å². The number of phenols is 1. The van der Waals surface area contributed by atoms with Gasteiger partial charge in [0.25, 0.3) is 0 Å². The van der Waals surface area contributed by atoms with Gasteiger partial charge in [0.1, 0.15) is 17.6 Å². The van der Waals surface area contributed by atoms with Crippen LogP contribution in [0.3, 0.4) is 0 Å². The Morgan fingerprint density at radius 2 is 1.83 bits per heavy atom. The Bertz CT molecular complexity index is 918. The largest absolute Gasteiger partial charge is 0.508 e. The summed E-state index contributed by atoms with van der Waals surface area (Å²) in [5.41, 5.74) is 3.29. The molecule has 0 aliphatic carbocycles. The van der Waals surface area contributed by atoms with Crippen molar-refractivity contribution in [3.05, 3.63) is 78.6 Å². The molecule has 3 rings (SSSR count). The molecule has 0 amide bonds. The summed E-state index contributed by atoms with van der Waals surface area (Å²) in [5.74, 6) is -0.257. The number of benzene rings is 2. The summed E-state index contributed by atoms with van der Waals surface area (Å²) >= 11 is 0. The molecule has 1 heterocycles. The van der Waals surface area contributed by atoms with Gasteiger partial charge in [0.05, 0.1) is 11.1 Å². The highest BCUT2D eigenvalue weighted by Gasteiger charge is 2.11. The molecule has 112 valence electrons. The van der Waals surface area contributed by atoms with Crippen LogP contribution in [0.4, 0.5) is 0 Å². The highest BCUT2D eigenvalue weighted by molar-refractivity contribution is 5.71. The lowest BCUT2D eigenvalue weighted by molar-refractivity contribution is 0.460. The molecule has 0 unspecified atom stereocenters. The quantitative estimate of drug-likeness (QED) is 0.711. The predicted molar refractivity (Wildman–Crippen MR) is 89.2 cm³/mol. The van der Waals surface area contributed by atoms with E-state index in [-0.39, 0.29) is 17.1 Å². The Labute approximate surface area is 133 Å². The minimum Gasteiger partial charge on any atom is -0.508 e. The SMILES string of the molecule is C=C(O)c1ccc(-n2cc(C#N)c(-c3ccccc3)c2)cc1O. The zero-order valence-corrected chi connectivity index (χ0v) is 12.3. The summed E-state index contributed by atoms with van der Waals surface area (Å²) in [6.07, 6.45) is 3.56. The van der Waals surface area contributed by atoms with Crippen molar-refractivity contribution < 1.29 is 10.2 Å². The van der Waals surface area contributed by atoms with Crippen molar-refractivity contribution in [2.45, 2.75) is 0 Å². The van der Waals surface area contributed by atoms with Gasteiger partial charge in [0, 0.05) is 29.7 Å². The Balaban J connectivity index is 2.09. The van der Waals surface area contributed by atoms with Crippen LogP contribution in [0, 0.1) is 11.3 Å². The molecular weight excluding hydrogens is 288 g/mol. The fourth-order valence-electron chi connectivity index (χ4n) is 2.47. The number of aliphatic hydroxyl groups excluding tert-OH is 1. The number of nitrogens with zero attached hydrogens (tertiary/aromatic N) is 2. The molecule has 1 aromatic heterocycles. The summed E-state index contributed by atoms with van der Waals surface area (Å²) in [6.45, 7) is 3.41. The van der Waals surface area contributed by atoms with Crippen molar-refractivity contribution in [1.82, 2.24) is 4.57 Å². The highest BCUT2D eigenvalue weighted by Crippen LogP contribution is 2.29. The van der Waals surface area contributed by atoms with E-state index in [0.717, 1.165) is 11.1 Å². The van der Waals surface area contributed by atoms with Crippen molar-refractivity contribution in [3.8, 4) is 28.6 Å². The number of nitriles is 1. The molecular formula is C19H14N2O2. The third-order valence-electron chi connectivity index (χ3n) is 3.62. The molecule has 0 aliphatic heterocycles. The fourth-order valence-corrected chi connectivity index (χ4v) is 2.47. The van der Waals surface area contributed by atoms with Gasteiger partial charge in [-0.25, -0.2) is 0 Å². The van der Waals surface area contributed by atoms with E-state index in [1.165, 1.54) is 6.07 Å². The zero-order valence-electron chi connectivity index (χ0n) is 12.3. The summed E-state index contributed by atoms with van der Waals surface area (Å²) < 4.78 is 1.77. The molecule has 0 radical (unpaired) electrons. The topological polar surface area (TPSA) is 69.2 Å². The number of phenolic OH excluding ortho intramolecular Hbond substituents is 1. The Kier molecular flexibility index (Phi) is 3.62. The second kappa shape index (κ2) is 5.74. The second-order valence-corrected chi connectivity index (χ2v) is 5.12. The van der Waals surface area contributed by atoms with E-state index in [0.29, 0.717) is 11.3 Å². The molecule has 0 fully saturated rings. The maximum absolute atomic E-state index is 9.97. The van der Waals surface area contributed by atoms with E-state index in [1.54, 1.807) is 22.9 Å². The second-order valence-electron chi connectivity index (χ2n) is 5.12. The molecule has 23 heavy (non-hydrogen) atoms. The van der Waals surface area contributed by atoms with E-state index >= 15 is 0 Å². The first kappa shape index (κ1) is 14.5. The molecule has 0 saturated carbocycles. The van der Waals surface area contributed by atoms with Crippen LogP contribution in [0.2, 0.25) is 0 Å². The lowest BCUT2D eigenvalue weighted by Gasteiger charge is -2.07. The van der Waals surface area contributed by atoms with Gasteiger partial charge < -0.3 is 14.8 Å². The maximum Gasteiger partial charge on any atom is 0.128 e. The molecule has 4 heteroatoms. The molecule has 0 aliphatic rings. The van der Waals surface area contributed by atoms with Gasteiger partial charge in [0.2, 0.25) is 0 Å². The Morgan fingerprint density at radius 1 is 1.09 bits per heavy atom. The average Bonchev–Trinajstić information content (AvgIpc) is 2.99. The number of aromatic nitrogens is 1. The highest BCUT2D eigenvalue weighted by atomic mass is 16.3. The standard InChI is InChI=1S/C19H14N2O2/c1-13(22)17-8-7-16(9-19(17)23)21-11-15(10-20)18(12-21)14-5-3-2-4-6-14/h2-9,11-12,22-23H,1H2. The average molecular weight is 302 g/mol. The fraction of sp³-hybridized carbons (Fsp3) is 0. The van der Waals surface area contributed by atoms with Crippen LogP contribution in [0.25, 0.3) is 22.6 Å². The lowest BCUT2D eigenvalue weighted by atomic mass is 10.1. The third kappa shape index (κ3) is 2.68. The Hall–Kier alpha value is -3.45. The minimum absolute atomic E-state index is 0.0662. The van der Waals surface area contributed by atoms with Gasteiger partial charge in [-0.2, -0.15) is 5.26 Å². The number of rotatable bonds is 3. The number of hydrogen-bond donors (Lipinski definition) is 2. The van der Waals surface area contributed by atoms with Crippen LogP contribution in [-0.2, 0) is 0 Å². The summed E-state index contributed by atoms with van der Waals surface area (Å²) in [7, 11) is 0. The molecule has 4 nitrogen and oxygen atoms in total. The molecule has 3 aromatic rings. The van der Waals surface area contributed by atoms with Gasteiger partial charge in [-0.1, -0.05) is 36.9 Å². The summed E-state index contributed by atoms with van der Waals surface area (Å²) in [6, 6.07) is 16.7. The number of aliphatic hydroxyl groups is 1. The van der Waals surface area contributed by atoms with Crippen LogP contribution in [0.15, 0.2) is 67.5 Å². The maximum atomic E-state index is 9.97. The molecule has 0 bridgehead atoms. The van der Waals surface area contributed by atoms with Crippen molar-refractivity contribution in [3.63, 3.8) is 0 Å². The van der Waals surface area contributed by atoms with Crippen LogP contribution < -0.4 is 0 Å². The van der Waals surface area contributed by atoms with E-state index in [2.05, 4.69) is 12.6 Å². The summed E-state index contributed by atoms with van der Waals surface area (Å²) in [5, 5.41) is 28.7. The third-order valence-corrected chi connectivity index (χ3v) is 3.62. The van der Waals surface area contributed by atoms with Crippen LogP contribution in [-0.4, -0.2) is 14.8 Å². The normalized spacial score (nSPS) is 10.2. The van der Waals surface area contributed by atoms with Gasteiger partial charge >= 0.3 is 0 Å². The number of aromatic hydroxyl groups is 1. The van der Waals surface area contributed by atoms with Crippen molar-refractivity contribution in [2.24, 2.45) is 0 Å². The predicted octanol–water partition coefficient (Wildman–Crippen LogP) is 4.25. The van der Waals surface area contributed by atoms with Gasteiger partial charge in [-0.3, -0.25) is 0 Å². The zero-order chi connectivity index (χ0) is 16.4. The first-order valence-electron chi connectivity index (χ1n) is 6.99. The Morgan fingerprint density at radius 3 is 2.43 bits per heavy atom. The van der Waals surface area contributed by atoms with Gasteiger partial charge in [-0.15, -0.1) is 0 Å². The molecule has 2 N–H and O–H groups in total. The lowest BCUT2D eigenvalue weighted by Crippen LogP contribution is -1.91. The van der Waals surface area contributed by atoms with Crippen molar-refractivity contribution >= 4 is 5.76 Å². The first-order chi connectivity index (χ1) is 11.1. The van der Waals surface area contributed by atoms with Crippen LogP contribution in [0.1, 0.15) is 11.1 Å². The summed E-state index contributed by atoms with van der Waals surface area (Å²) in [4.78, 5) is 0. The van der Waals surface area contributed by atoms with Crippen molar-refractivity contribution in [1.29, 1.82) is 5.26 Å². The molecule has 0 spiro atoms. The van der Waals surface area contributed by atoms with Crippen LogP contribution >= 0.6 is 0 Å². The smallest absolute Gasteiger partial charge is 0.128 e. The first-order valence-corrected chi connectivity index (χ1v) is 6.99. The van der Waals surface area contributed by atoms with E-state index in [4.69, 9.17) is 0 Å². The number of hydrogen-bond acceptors (Lipinski definition) is 3. The van der Waals surface area contributed by atoms with Crippen LogP contribution in [0.5, 0.6) is 5.75 Å². The monoisotopic (exact) mass is 302 g/mol.